The number of nitrogens with zero attached hydrogens (tertiary/aromatic N) is 2. The summed E-state index contributed by atoms with van der Waals surface area (Å²) >= 11 is 0. The van der Waals surface area contributed by atoms with Crippen molar-refractivity contribution >= 4 is 17.3 Å². The van der Waals surface area contributed by atoms with Crippen LogP contribution in [0.3, 0.4) is 0 Å². The maximum atomic E-state index is 10.8. The van der Waals surface area contributed by atoms with Crippen molar-refractivity contribution in [3.05, 3.63) is 38.4 Å². The van der Waals surface area contributed by atoms with Crippen molar-refractivity contribution < 1.29 is 19.4 Å². The summed E-state index contributed by atoms with van der Waals surface area (Å²) in [4.78, 5) is 30.6. The first-order valence-corrected chi connectivity index (χ1v) is 5.22. The molecule has 9 nitrogen and oxygen atoms in total. The average molecular weight is 269 g/mol. The van der Waals surface area contributed by atoms with E-state index in [0.717, 1.165) is 12.1 Å². The second kappa shape index (κ2) is 6.28. The molecule has 1 rings (SSSR count). The van der Waals surface area contributed by atoms with Crippen LogP contribution in [0.5, 0.6) is 5.75 Å². The monoisotopic (exact) mass is 269 g/mol. The molecule has 1 aromatic rings. The highest BCUT2D eigenvalue weighted by atomic mass is 16.6. The Balaban J connectivity index is 2.92. The van der Waals surface area contributed by atoms with E-state index in [-0.39, 0.29) is 19.1 Å². The number of benzene rings is 1. The SMILES string of the molecule is CC(=O)NCCOc1c([N+](=O)[O-])cccc1[N+](=O)[O-]. The molecule has 0 spiro atoms. The van der Waals surface area contributed by atoms with Gasteiger partial charge in [0.1, 0.15) is 6.61 Å². The second-order valence-electron chi connectivity index (χ2n) is 3.47. The number of nitrogens with one attached hydrogen (secondary N) is 1. The van der Waals surface area contributed by atoms with Gasteiger partial charge in [-0.15, -0.1) is 0 Å². The molecule has 0 fully saturated rings. The Morgan fingerprint density at radius 3 is 2.21 bits per heavy atom. The van der Waals surface area contributed by atoms with Gasteiger partial charge in [-0.05, 0) is 6.07 Å². The lowest BCUT2D eigenvalue weighted by Crippen LogP contribution is -2.25. The van der Waals surface area contributed by atoms with Crippen LogP contribution in [0.25, 0.3) is 0 Å². The maximum Gasteiger partial charge on any atom is 0.318 e. The van der Waals surface area contributed by atoms with Gasteiger partial charge in [-0.25, -0.2) is 0 Å². The van der Waals surface area contributed by atoms with Crippen LogP contribution in [0.4, 0.5) is 11.4 Å². The molecule has 0 atom stereocenters. The maximum absolute atomic E-state index is 10.8. The molecular formula is C10H11N3O6. The predicted octanol–water partition coefficient (Wildman–Crippen LogP) is 1.02. The molecule has 1 N–H and O–H groups in total. The largest absolute Gasteiger partial charge is 0.480 e. The van der Waals surface area contributed by atoms with Crippen LogP contribution in [0.2, 0.25) is 0 Å². The highest BCUT2D eigenvalue weighted by Crippen LogP contribution is 2.36. The standard InChI is InChI=1S/C10H11N3O6/c1-7(14)11-5-6-19-10-8(12(15)16)3-2-4-9(10)13(17)18/h2-4H,5-6H2,1H3,(H,11,14). The predicted molar refractivity (Wildman–Crippen MR) is 63.9 cm³/mol. The molecule has 0 saturated carbocycles. The third-order valence-corrected chi connectivity index (χ3v) is 2.09. The minimum absolute atomic E-state index is 0.0958. The van der Waals surface area contributed by atoms with Crippen molar-refractivity contribution in [3.63, 3.8) is 0 Å². The zero-order valence-electron chi connectivity index (χ0n) is 9.99. The fourth-order valence-corrected chi connectivity index (χ4v) is 1.33. The molecule has 0 aliphatic heterocycles. The van der Waals surface area contributed by atoms with Crippen molar-refractivity contribution in [3.8, 4) is 5.75 Å². The number of carbonyl (C=O) groups is 1. The first-order valence-electron chi connectivity index (χ1n) is 5.22. The Labute approximate surface area is 107 Å². The summed E-state index contributed by atoms with van der Waals surface area (Å²) in [5.41, 5.74) is -0.978. The van der Waals surface area contributed by atoms with Crippen molar-refractivity contribution in [1.82, 2.24) is 5.32 Å². The smallest absolute Gasteiger partial charge is 0.318 e. The molecule has 102 valence electrons. The van der Waals surface area contributed by atoms with Gasteiger partial charge in [0, 0.05) is 19.1 Å². The van der Waals surface area contributed by atoms with Crippen LogP contribution >= 0.6 is 0 Å². The van der Waals surface area contributed by atoms with Crippen LogP contribution in [0, 0.1) is 20.2 Å². The molecule has 0 bridgehead atoms. The fourth-order valence-electron chi connectivity index (χ4n) is 1.33. The number of ether oxygens (including phenoxy) is 1. The van der Waals surface area contributed by atoms with Gasteiger partial charge >= 0.3 is 11.4 Å². The Morgan fingerprint density at radius 2 is 1.79 bits per heavy atom. The van der Waals surface area contributed by atoms with Crippen molar-refractivity contribution in [2.75, 3.05) is 13.2 Å². The van der Waals surface area contributed by atoms with E-state index in [1.54, 1.807) is 0 Å². The number of rotatable bonds is 6. The molecule has 0 aliphatic carbocycles. The molecule has 0 aliphatic rings. The number of carbonyl (C=O) groups excluding carboxylic acids is 1. The highest BCUT2D eigenvalue weighted by Gasteiger charge is 2.26. The lowest BCUT2D eigenvalue weighted by atomic mass is 10.2. The van der Waals surface area contributed by atoms with Gasteiger partial charge in [-0.1, -0.05) is 0 Å². The van der Waals surface area contributed by atoms with E-state index in [1.807, 2.05) is 0 Å². The molecule has 0 radical (unpaired) electrons. The van der Waals surface area contributed by atoms with Gasteiger partial charge in [0.15, 0.2) is 0 Å². The van der Waals surface area contributed by atoms with Gasteiger partial charge < -0.3 is 10.1 Å². The first kappa shape index (κ1) is 14.4. The molecule has 0 heterocycles. The van der Waals surface area contributed by atoms with Crippen molar-refractivity contribution in [1.29, 1.82) is 0 Å². The number of para-hydroxylation sites is 1. The highest BCUT2D eigenvalue weighted by molar-refractivity contribution is 5.72. The molecule has 0 aromatic heterocycles. The minimum Gasteiger partial charge on any atom is -0.480 e. The molecule has 1 amide bonds. The molecule has 0 unspecified atom stereocenters. The quantitative estimate of drug-likeness (QED) is 0.467. The van der Waals surface area contributed by atoms with Crippen LogP contribution in [-0.4, -0.2) is 28.9 Å². The van der Waals surface area contributed by atoms with E-state index in [4.69, 9.17) is 4.74 Å². The van der Waals surface area contributed by atoms with Gasteiger partial charge in [0.05, 0.1) is 16.4 Å². The molecular weight excluding hydrogens is 258 g/mol. The molecule has 0 saturated heterocycles. The number of hydrogen-bond donors (Lipinski definition) is 1. The van der Waals surface area contributed by atoms with E-state index in [9.17, 15) is 25.0 Å². The Bertz CT molecular complexity index is 484. The first-order chi connectivity index (χ1) is 8.93. The Morgan fingerprint density at radius 1 is 1.26 bits per heavy atom. The number of nitro benzene ring substituents is 2. The molecule has 1 aromatic carbocycles. The Hall–Kier alpha value is -2.71. The number of amides is 1. The van der Waals surface area contributed by atoms with Crippen LogP contribution in [-0.2, 0) is 4.79 Å². The van der Waals surface area contributed by atoms with Crippen LogP contribution in [0.15, 0.2) is 18.2 Å². The van der Waals surface area contributed by atoms with Crippen LogP contribution < -0.4 is 10.1 Å². The lowest BCUT2D eigenvalue weighted by molar-refractivity contribution is -0.396. The summed E-state index contributed by atoms with van der Waals surface area (Å²) in [6.07, 6.45) is 0. The fraction of sp³-hybridized carbons (Fsp3) is 0.300. The third-order valence-electron chi connectivity index (χ3n) is 2.09. The van der Waals surface area contributed by atoms with Gasteiger partial charge in [-0.3, -0.25) is 25.0 Å². The summed E-state index contributed by atoms with van der Waals surface area (Å²) in [6, 6.07) is 3.43. The van der Waals surface area contributed by atoms with E-state index in [2.05, 4.69) is 5.32 Å². The van der Waals surface area contributed by atoms with Gasteiger partial charge in [0.2, 0.25) is 5.91 Å². The van der Waals surface area contributed by atoms with Crippen LogP contribution in [0.1, 0.15) is 6.92 Å². The number of hydrogen-bond acceptors (Lipinski definition) is 6. The zero-order chi connectivity index (χ0) is 14.4. The minimum atomic E-state index is -0.763. The summed E-state index contributed by atoms with van der Waals surface area (Å²) in [5.74, 6) is -0.705. The molecule has 19 heavy (non-hydrogen) atoms. The van der Waals surface area contributed by atoms with E-state index >= 15 is 0 Å². The molecule has 9 heteroatoms. The summed E-state index contributed by atoms with van der Waals surface area (Å²) in [6.45, 7) is 1.29. The second-order valence-corrected chi connectivity index (χ2v) is 3.47. The zero-order valence-corrected chi connectivity index (χ0v) is 9.99. The van der Waals surface area contributed by atoms with Crippen molar-refractivity contribution in [2.45, 2.75) is 6.92 Å². The van der Waals surface area contributed by atoms with E-state index in [0.29, 0.717) is 0 Å². The topological polar surface area (TPSA) is 125 Å². The van der Waals surface area contributed by atoms with E-state index < -0.39 is 27.0 Å². The van der Waals surface area contributed by atoms with Crippen molar-refractivity contribution in [2.24, 2.45) is 0 Å². The third kappa shape index (κ3) is 3.91. The normalized spacial score (nSPS) is 9.74. The average Bonchev–Trinajstić information content (AvgIpc) is 2.33. The lowest BCUT2D eigenvalue weighted by Gasteiger charge is -2.07. The van der Waals surface area contributed by atoms with Gasteiger partial charge in [0.25, 0.3) is 5.75 Å². The number of nitro groups is 2. The Kier molecular flexibility index (Phi) is 4.75. The van der Waals surface area contributed by atoms with E-state index in [1.165, 1.54) is 13.0 Å². The summed E-state index contributed by atoms with van der Waals surface area (Å²) in [7, 11) is 0. The summed E-state index contributed by atoms with van der Waals surface area (Å²) in [5, 5.41) is 24.0. The summed E-state index contributed by atoms with van der Waals surface area (Å²) < 4.78 is 5.04. The van der Waals surface area contributed by atoms with Gasteiger partial charge in [-0.2, -0.15) is 0 Å².